The van der Waals surface area contributed by atoms with Gasteiger partial charge in [-0.1, -0.05) is 24.3 Å². The molecule has 0 aliphatic carbocycles. The number of carbonyl (C=O) groups is 3. The SMILES string of the molecule is CCN(CC)C(=O)c1ccc(CNC(=O)c2cc(C(=O)NC(O)(O)c3cccc(OC)c3)ncn2)cc1. The third-order valence-electron chi connectivity index (χ3n) is 5.60. The van der Waals surface area contributed by atoms with Gasteiger partial charge in [0, 0.05) is 36.8 Å². The Morgan fingerprint density at radius 2 is 1.59 bits per heavy atom. The average Bonchev–Trinajstić information content (AvgIpc) is 2.92. The normalized spacial score (nSPS) is 10.9. The maximum Gasteiger partial charge on any atom is 0.275 e. The van der Waals surface area contributed by atoms with E-state index in [-0.39, 0.29) is 29.4 Å². The molecule has 194 valence electrons. The first-order valence-corrected chi connectivity index (χ1v) is 11.6. The van der Waals surface area contributed by atoms with Gasteiger partial charge < -0.3 is 25.2 Å². The van der Waals surface area contributed by atoms with Crippen molar-refractivity contribution < 1.29 is 29.3 Å². The molecule has 11 nitrogen and oxygen atoms in total. The van der Waals surface area contributed by atoms with Gasteiger partial charge in [0.2, 0.25) is 0 Å². The summed E-state index contributed by atoms with van der Waals surface area (Å²) in [6.07, 6.45) is 1.03. The zero-order valence-electron chi connectivity index (χ0n) is 20.8. The summed E-state index contributed by atoms with van der Waals surface area (Å²) in [5.74, 6) is -3.90. The third-order valence-corrected chi connectivity index (χ3v) is 5.60. The average molecular weight is 508 g/mol. The van der Waals surface area contributed by atoms with Crippen molar-refractivity contribution in [1.82, 2.24) is 25.5 Å². The number of hydrogen-bond donors (Lipinski definition) is 4. The molecule has 1 heterocycles. The van der Waals surface area contributed by atoms with Gasteiger partial charge in [-0.15, -0.1) is 0 Å². The van der Waals surface area contributed by atoms with E-state index in [1.807, 2.05) is 13.8 Å². The van der Waals surface area contributed by atoms with Crippen molar-refractivity contribution in [2.75, 3.05) is 20.2 Å². The lowest BCUT2D eigenvalue weighted by molar-refractivity contribution is -0.185. The van der Waals surface area contributed by atoms with Crippen LogP contribution in [0.3, 0.4) is 0 Å². The zero-order valence-corrected chi connectivity index (χ0v) is 20.8. The lowest BCUT2D eigenvalue weighted by atomic mass is 10.1. The molecule has 1 aromatic heterocycles. The smallest absolute Gasteiger partial charge is 0.275 e. The Hall–Kier alpha value is -4.35. The van der Waals surface area contributed by atoms with Gasteiger partial charge in [-0.05, 0) is 43.7 Å². The second kappa shape index (κ2) is 12.1. The van der Waals surface area contributed by atoms with Crippen molar-refractivity contribution in [1.29, 1.82) is 0 Å². The molecule has 0 fully saturated rings. The topological polar surface area (TPSA) is 154 Å². The van der Waals surface area contributed by atoms with E-state index in [0.29, 0.717) is 24.4 Å². The fourth-order valence-corrected chi connectivity index (χ4v) is 3.47. The van der Waals surface area contributed by atoms with Crippen LogP contribution in [0.5, 0.6) is 5.75 Å². The van der Waals surface area contributed by atoms with Crippen molar-refractivity contribution in [3.63, 3.8) is 0 Å². The first-order chi connectivity index (χ1) is 17.7. The Labute approximate surface area is 214 Å². The van der Waals surface area contributed by atoms with Crippen LogP contribution in [0.2, 0.25) is 0 Å². The summed E-state index contributed by atoms with van der Waals surface area (Å²) in [7, 11) is 1.42. The van der Waals surface area contributed by atoms with Gasteiger partial charge in [0.15, 0.2) is 0 Å². The van der Waals surface area contributed by atoms with Crippen LogP contribution >= 0.6 is 0 Å². The Kier molecular flexibility index (Phi) is 8.88. The molecule has 11 heteroatoms. The number of rotatable bonds is 10. The molecule has 0 spiro atoms. The van der Waals surface area contributed by atoms with E-state index >= 15 is 0 Å². The lowest BCUT2D eigenvalue weighted by Gasteiger charge is -2.23. The Balaban J connectivity index is 1.63. The summed E-state index contributed by atoms with van der Waals surface area (Å²) < 4.78 is 5.05. The summed E-state index contributed by atoms with van der Waals surface area (Å²) >= 11 is 0. The molecule has 0 saturated heterocycles. The number of hydrogen-bond acceptors (Lipinski definition) is 8. The van der Waals surface area contributed by atoms with Crippen LogP contribution in [-0.2, 0) is 12.5 Å². The Bertz CT molecular complexity index is 1260. The molecule has 37 heavy (non-hydrogen) atoms. The van der Waals surface area contributed by atoms with Gasteiger partial charge in [-0.3, -0.25) is 19.7 Å². The molecule has 0 unspecified atom stereocenters. The number of aliphatic hydroxyl groups is 2. The van der Waals surface area contributed by atoms with Gasteiger partial charge in [0.05, 0.1) is 7.11 Å². The van der Waals surface area contributed by atoms with Crippen molar-refractivity contribution >= 4 is 17.7 Å². The predicted molar refractivity (Wildman–Crippen MR) is 133 cm³/mol. The zero-order chi connectivity index (χ0) is 27.0. The molecule has 0 aliphatic rings. The van der Waals surface area contributed by atoms with Gasteiger partial charge in [-0.2, -0.15) is 0 Å². The first-order valence-electron chi connectivity index (χ1n) is 11.6. The molecule has 0 radical (unpaired) electrons. The van der Waals surface area contributed by atoms with Crippen LogP contribution < -0.4 is 15.4 Å². The largest absolute Gasteiger partial charge is 0.497 e. The number of nitrogens with one attached hydrogen (secondary N) is 2. The second-order valence-corrected chi connectivity index (χ2v) is 8.00. The maximum absolute atomic E-state index is 12.6. The number of aromatic nitrogens is 2. The van der Waals surface area contributed by atoms with E-state index in [1.54, 1.807) is 35.2 Å². The van der Waals surface area contributed by atoms with Gasteiger partial charge in [-0.25, -0.2) is 9.97 Å². The minimum Gasteiger partial charge on any atom is -0.497 e. The molecule has 3 rings (SSSR count). The molecular weight excluding hydrogens is 478 g/mol. The number of carbonyl (C=O) groups excluding carboxylic acids is 3. The van der Waals surface area contributed by atoms with Crippen LogP contribution in [-0.4, -0.2) is 63.0 Å². The van der Waals surface area contributed by atoms with E-state index in [9.17, 15) is 24.6 Å². The Morgan fingerprint density at radius 1 is 0.946 bits per heavy atom. The highest BCUT2D eigenvalue weighted by atomic mass is 16.5. The molecule has 2 aromatic carbocycles. The quantitative estimate of drug-likeness (QED) is 0.301. The van der Waals surface area contributed by atoms with Gasteiger partial charge in [0.1, 0.15) is 23.5 Å². The first kappa shape index (κ1) is 27.2. The van der Waals surface area contributed by atoms with E-state index in [2.05, 4.69) is 20.6 Å². The van der Waals surface area contributed by atoms with Crippen molar-refractivity contribution in [2.45, 2.75) is 26.3 Å². The monoisotopic (exact) mass is 507 g/mol. The van der Waals surface area contributed by atoms with Crippen LogP contribution in [0, 0.1) is 0 Å². The van der Waals surface area contributed by atoms with Crippen molar-refractivity contribution in [3.8, 4) is 5.75 Å². The number of nitrogens with zero attached hydrogens (tertiary/aromatic N) is 3. The van der Waals surface area contributed by atoms with Gasteiger partial charge in [0.25, 0.3) is 23.6 Å². The maximum atomic E-state index is 12.6. The molecule has 4 N–H and O–H groups in total. The summed E-state index contributed by atoms with van der Waals surface area (Å²) in [6, 6.07) is 13.9. The summed E-state index contributed by atoms with van der Waals surface area (Å²) in [5, 5.41) is 25.5. The molecule has 3 aromatic rings. The summed E-state index contributed by atoms with van der Waals surface area (Å²) in [4.78, 5) is 47.1. The predicted octanol–water partition coefficient (Wildman–Crippen LogP) is 1.42. The molecule has 0 aliphatic heterocycles. The van der Waals surface area contributed by atoms with E-state index in [0.717, 1.165) is 18.0 Å². The number of methoxy groups -OCH3 is 1. The van der Waals surface area contributed by atoms with E-state index in [1.165, 1.54) is 25.3 Å². The lowest BCUT2D eigenvalue weighted by Crippen LogP contribution is -2.46. The van der Waals surface area contributed by atoms with Crippen LogP contribution in [0.1, 0.15) is 56.3 Å². The Morgan fingerprint density at radius 3 is 2.22 bits per heavy atom. The standard InChI is InChI=1S/C26H29N5O6/c1-4-31(5-2)25(34)18-11-9-17(10-12-18)15-27-23(32)21-14-22(29-16-28-21)24(33)30-26(35,36)19-7-6-8-20(13-19)37-3/h6-14,16,35-36H,4-5,15H2,1-3H3,(H,27,32)(H,30,33). The second-order valence-electron chi connectivity index (χ2n) is 8.00. The molecular formula is C26H29N5O6. The van der Waals surface area contributed by atoms with E-state index < -0.39 is 17.7 Å². The fraction of sp³-hybridized carbons (Fsp3) is 0.269. The highest BCUT2D eigenvalue weighted by molar-refractivity contribution is 5.97. The number of amides is 3. The fourth-order valence-electron chi connectivity index (χ4n) is 3.47. The van der Waals surface area contributed by atoms with Crippen LogP contribution in [0.4, 0.5) is 0 Å². The summed E-state index contributed by atoms with van der Waals surface area (Å²) in [6.45, 7) is 5.22. The molecule has 0 bridgehead atoms. The highest BCUT2D eigenvalue weighted by Crippen LogP contribution is 2.21. The molecule has 0 saturated carbocycles. The highest BCUT2D eigenvalue weighted by Gasteiger charge is 2.30. The number of ether oxygens (including phenoxy) is 1. The van der Waals surface area contributed by atoms with Crippen LogP contribution in [0.25, 0.3) is 0 Å². The van der Waals surface area contributed by atoms with Crippen molar-refractivity contribution in [2.24, 2.45) is 0 Å². The van der Waals surface area contributed by atoms with E-state index in [4.69, 9.17) is 4.74 Å². The minimum absolute atomic E-state index is 0.0305. The third kappa shape index (κ3) is 6.87. The molecule has 0 atom stereocenters. The minimum atomic E-state index is -2.71. The van der Waals surface area contributed by atoms with Crippen LogP contribution in [0.15, 0.2) is 60.9 Å². The van der Waals surface area contributed by atoms with Gasteiger partial charge >= 0.3 is 0 Å². The number of benzene rings is 2. The summed E-state index contributed by atoms with van der Waals surface area (Å²) in [5.41, 5.74) is 0.964. The molecule has 3 amide bonds. The van der Waals surface area contributed by atoms with Crippen molar-refractivity contribution in [3.05, 3.63) is 89.0 Å².